The fourth-order valence-electron chi connectivity index (χ4n) is 3.59. The van der Waals surface area contributed by atoms with Crippen LogP contribution in [-0.2, 0) is 0 Å². The van der Waals surface area contributed by atoms with Crippen molar-refractivity contribution in [1.82, 2.24) is 4.90 Å². The van der Waals surface area contributed by atoms with Gasteiger partial charge in [-0.15, -0.1) is 0 Å². The van der Waals surface area contributed by atoms with Gasteiger partial charge in [-0.2, -0.15) is 0 Å². The first-order valence-corrected chi connectivity index (χ1v) is 8.22. The van der Waals surface area contributed by atoms with Gasteiger partial charge >= 0.3 is 0 Å². The summed E-state index contributed by atoms with van der Waals surface area (Å²) >= 11 is 12.0. The lowest BCUT2D eigenvalue weighted by Crippen LogP contribution is -2.54. The van der Waals surface area contributed by atoms with Gasteiger partial charge in [-0.1, -0.05) is 36.0 Å². The minimum Gasteiger partial charge on any atom is -0.389 e. The molecule has 1 N–H and O–H groups in total. The molecule has 0 spiro atoms. The zero-order chi connectivity index (χ0) is 15.0. The Morgan fingerprint density at radius 1 is 1.29 bits per heavy atom. The molecule has 2 aliphatic rings. The van der Waals surface area contributed by atoms with E-state index in [9.17, 15) is 9.90 Å². The summed E-state index contributed by atoms with van der Waals surface area (Å²) in [5.74, 6) is 0.124. The lowest BCUT2D eigenvalue weighted by atomic mass is 9.71. The van der Waals surface area contributed by atoms with E-state index >= 15 is 0 Å². The molecule has 1 aromatic carbocycles. The molecule has 1 saturated carbocycles. The zero-order valence-corrected chi connectivity index (χ0v) is 13.3. The fraction of sp³-hybridized carbons (Fsp3) is 0.562. The number of likely N-dealkylation sites (tertiary alicyclic amines) is 1. The molecular formula is C16H19Cl2NO2. The van der Waals surface area contributed by atoms with Crippen molar-refractivity contribution in [3.8, 4) is 0 Å². The Hall–Kier alpha value is -0.770. The molecule has 3 rings (SSSR count). The highest BCUT2D eigenvalue weighted by Gasteiger charge is 2.43. The van der Waals surface area contributed by atoms with Gasteiger partial charge in [0.15, 0.2) is 0 Å². The quantitative estimate of drug-likeness (QED) is 0.853. The van der Waals surface area contributed by atoms with E-state index < -0.39 is 5.60 Å². The van der Waals surface area contributed by atoms with E-state index in [4.69, 9.17) is 23.2 Å². The first-order chi connectivity index (χ1) is 9.99. The van der Waals surface area contributed by atoms with Gasteiger partial charge in [0.05, 0.1) is 16.2 Å². The van der Waals surface area contributed by atoms with Crippen LogP contribution in [0.5, 0.6) is 0 Å². The van der Waals surface area contributed by atoms with Crippen molar-refractivity contribution < 1.29 is 9.90 Å². The lowest BCUT2D eigenvalue weighted by Gasteiger charge is -2.47. The third kappa shape index (κ3) is 2.92. The molecule has 21 heavy (non-hydrogen) atoms. The molecule has 1 aliphatic heterocycles. The Kier molecular flexibility index (Phi) is 4.17. The molecule has 3 nitrogen and oxygen atoms in total. The predicted octanol–water partition coefficient (Wildman–Crippen LogP) is 3.76. The van der Waals surface area contributed by atoms with Crippen molar-refractivity contribution in [2.24, 2.45) is 5.92 Å². The molecule has 0 aromatic heterocycles. The van der Waals surface area contributed by atoms with Gasteiger partial charge in [-0.3, -0.25) is 4.79 Å². The topological polar surface area (TPSA) is 40.5 Å². The van der Waals surface area contributed by atoms with Crippen LogP contribution in [0.4, 0.5) is 0 Å². The van der Waals surface area contributed by atoms with E-state index in [1.165, 1.54) is 0 Å². The van der Waals surface area contributed by atoms with Gasteiger partial charge in [0, 0.05) is 24.0 Å². The molecule has 1 aromatic rings. The fourth-order valence-corrected chi connectivity index (χ4v) is 4.08. The van der Waals surface area contributed by atoms with E-state index in [-0.39, 0.29) is 11.8 Å². The number of hydrogen-bond acceptors (Lipinski definition) is 2. The van der Waals surface area contributed by atoms with E-state index in [0.29, 0.717) is 35.1 Å². The summed E-state index contributed by atoms with van der Waals surface area (Å²) in [4.78, 5) is 14.4. The van der Waals surface area contributed by atoms with Gasteiger partial charge < -0.3 is 10.0 Å². The Balaban J connectivity index is 1.77. The maximum absolute atomic E-state index is 12.6. The monoisotopic (exact) mass is 327 g/mol. The van der Waals surface area contributed by atoms with Crippen LogP contribution < -0.4 is 0 Å². The Bertz CT molecular complexity index is 563. The van der Waals surface area contributed by atoms with Crippen LogP contribution in [-0.4, -0.2) is 34.6 Å². The molecule has 114 valence electrons. The van der Waals surface area contributed by atoms with Crippen molar-refractivity contribution in [1.29, 1.82) is 0 Å². The van der Waals surface area contributed by atoms with Crippen LogP contribution >= 0.6 is 23.2 Å². The number of rotatable bonds is 1. The maximum Gasteiger partial charge on any atom is 0.255 e. The number of fused-ring (bicyclic) bond motifs is 1. The summed E-state index contributed by atoms with van der Waals surface area (Å²) in [6.45, 7) is 1.21. The number of aliphatic hydroxyl groups is 1. The van der Waals surface area contributed by atoms with Crippen LogP contribution in [0.3, 0.4) is 0 Å². The molecule has 1 saturated heterocycles. The minimum absolute atomic E-state index is 0.0655. The Labute approximate surface area is 134 Å². The van der Waals surface area contributed by atoms with Gasteiger partial charge in [-0.25, -0.2) is 0 Å². The van der Waals surface area contributed by atoms with Crippen LogP contribution in [0, 0.1) is 5.92 Å². The smallest absolute Gasteiger partial charge is 0.255 e. The summed E-state index contributed by atoms with van der Waals surface area (Å²) in [7, 11) is 0. The number of benzene rings is 1. The van der Waals surface area contributed by atoms with E-state index in [2.05, 4.69) is 0 Å². The summed E-state index contributed by atoms with van der Waals surface area (Å²) < 4.78 is 0. The van der Waals surface area contributed by atoms with Gasteiger partial charge in [-0.05, 0) is 37.5 Å². The molecular weight excluding hydrogens is 309 g/mol. The second kappa shape index (κ2) is 5.79. The largest absolute Gasteiger partial charge is 0.389 e. The summed E-state index contributed by atoms with van der Waals surface area (Å²) in [6.07, 6.45) is 4.74. The Morgan fingerprint density at radius 3 is 2.86 bits per heavy atom. The highest BCUT2D eigenvalue weighted by molar-refractivity contribution is 6.36. The summed E-state index contributed by atoms with van der Waals surface area (Å²) in [5, 5.41) is 11.6. The SMILES string of the molecule is O=C(c1ccc(Cl)cc1Cl)N1CCC2(O)CCCCC2C1. The number of halogens is 2. The van der Waals surface area contributed by atoms with E-state index in [1.54, 1.807) is 18.2 Å². The molecule has 2 fully saturated rings. The highest BCUT2D eigenvalue weighted by Crippen LogP contribution is 2.40. The molecule has 5 heteroatoms. The normalized spacial score (nSPS) is 29.1. The van der Waals surface area contributed by atoms with Gasteiger partial charge in [0.25, 0.3) is 5.91 Å². The molecule has 1 heterocycles. The second-order valence-electron chi connectivity index (χ2n) is 6.17. The molecule has 1 aliphatic carbocycles. The number of piperidine rings is 1. The Morgan fingerprint density at radius 2 is 2.10 bits per heavy atom. The summed E-state index contributed by atoms with van der Waals surface area (Å²) in [6, 6.07) is 4.95. The molecule has 0 bridgehead atoms. The average molecular weight is 328 g/mol. The second-order valence-corrected chi connectivity index (χ2v) is 7.02. The maximum atomic E-state index is 12.6. The minimum atomic E-state index is -0.571. The molecule has 0 radical (unpaired) electrons. The average Bonchev–Trinajstić information content (AvgIpc) is 2.45. The van der Waals surface area contributed by atoms with Crippen molar-refractivity contribution >= 4 is 29.1 Å². The summed E-state index contributed by atoms with van der Waals surface area (Å²) in [5.41, 5.74) is -0.0824. The highest BCUT2D eigenvalue weighted by atomic mass is 35.5. The number of carbonyl (C=O) groups excluding carboxylic acids is 1. The number of amides is 1. The van der Waals surface area contributed by atoms with Crippen molar-refractivity contribution in [3.63, 3.8) is 0 Å². The van der Waals surface area contributed by atoms with Gasteiger partial charge in [0.1, 0.15) is 0 Å². The van der Waals surface area contributed by atoms with Crippen LogP contribution in [0.1, 0.15) is 42.5 Å². The standard InChI is InChI=1S/C16H19Cl2NO2/c17-12-4-5-13(14(18)9-12)15(20)19-8-7-16(21)6-2-1-3-11(16)10-19/h4-5,9,11,21H,1-3,6-8,10H2. The van der Waals surface area contributed by atoms with E-state index in [0.717, 1.165) is 25.7 Å². The zero-order valence-electron chi connectivity index (χ0n) is 11.8. The first-order valence-electron chi connectivity index (χ1n) is 7.46. The number of hydrogen-bond donors (Lipinski definition) is 1. The van der Waals surface area contributed by atoms with Crippen LogP contribution in [0.2, 0.25) is 10.0 Å². The van der Waals surface area contributed by atoms with Crippen molar-refractivity contribution in [3.05, 3.63) is 33.8 Å². The van der Waals surface area contributed by atoms with Crippen LogP contribution in [0.15, 0.2) is 18.2 Å². The van der Waals surface area contributed by atoms with Crippen molar-refractivity contribution in [2.45, 2.75) is 37.7 Å². The van der Waals surface area contributed by atoms with Gasteiger partial charge in [0.2, 0.25) is 0 Å². The van der Waals surface area contributed by atoms with Crippen molar-refractivity contribution in [2.75, 3.05) is 13.1 Å². The lowest BCUT2D eigenvalue weighted by molar-refractivity contribution is -0.0886. The first kappa shape index (κ1) is 15.1. The van der Waals surface area contributed by atoms with E-state index in [1.807, 2.05) is 4.90 Å². The number of nitrogens with zero attached hydrogens (tertiary/aromatic N) is 1. The molecule has 2 atom stereocenters. The van der Waals surface area contributed by atoms with Crippen LogP contribution in [0.25, 0.3) is 0 Å². The molecule has 1 amide bonds. The molecule has 2 unspecified atom stereocenters. The number of carbonyl (C=O) groups is 1. The third-order valence-electron chi connectivity index (χ3n) is 4.88. The third-order valence-corrected chi connectivity index (χ3v) is 5.42. The predicted molar refractivity (Wildman–Crippen MR) is 83.9 cm³/mol.